The molecular formula is C12H18BrNS. The molecule has 0 spiro atoms. The van der Waals surface area contributed by atoms with E-state index < -0.39 is 0 Å². The van der Waals surface area contributed by atoms with Crippen LogP contribution in [0.4, 0.5) is 0 Å². The van der Waals surface area contributed by atoms with Crippen molar-refractivity contribution in [3.63, 3.8) is 0 Å². The Balaban J connectivity index is 1.97. The minimum absolute atomic E-state index is 0.560. The Kier molecular flexibility index (Phi) is 4.23. The first-order chi connectivity index (χ1) is 7.29. The fourth-order valence-electron chi connectivity index (χ4n) is 2.47. The van der Waals surface area contributed by atoms with Crippen molar-refractivity contribution in [1.29, 1.82) is 0 Å². The second-order valence-corrected chi connectivity index (χ2v) is 6.86. The van der Waals surface area contributed by atoms with Crippen molar-refractivity contribution in [1.82, 2.24) is 5.32 Å². The van der Waals surface area contributed by atoms with Gasteiger partial charge in [0.05, 0.1) is 3.79 Å². The van der Waals surface area contributed by atoms with E-state index in [1.165, 1.54) is 40.8 Å². The van der Waals surface area contributed by atoms with E-state index in [9.17, 15) is 0 Å². The molecule has 0 saturated heterocycles. The van der Waals surface area contributed by atoms with Gasteiger partial charge in [-0.1, -0.05) is 25.7 Å². The fraction of sp³-hybridized carbons (Fsp3) is 0.667. The summed E-state index contributed by atoms with van der Waals surface area (Å²) in [6, 6.07) is 4.95. The van der Waals surface area contributed by atoms with E-state index in [-0.39, 0.29) is 0 Å². The molecule has 1 aliphatic rings. The van der Waals surface area contributed by atoms with Crippen LogP contribution >= 0.6 is 27.3 Å². The first-order valence-electron chi connectivity index (χ1n) is 5.72. The van der Waals surface area contributed by atoms with Crippen LogP contribution in [0.1, 0.15) is 43.0 Å². The van der Waals surface area contributed by atoms with Gasteiger partial charge in [-0.3, -0.25) is 0 Å². The summed E-state index contributed by atoms with van der Waals surface area (Å²) in [6.45, 7) is 0. The van der Waals surface area contributed by atoms with Crippen LogP contribution in [0.15, 0.2) is 15.9 Å². The third kappa shape index (κ3) is 3.05. The normalized spacial score (nSPS) is 19.6. The lowest BCUT2D eigenvalue weighted by Gasteiger charge is -2.18. The molecule has 15 heavy (non-hydrogen) atoms. The highest BCUT2D eigenvalue weighted by molar-refractivity contribution is 9.11. The summed E-state index contributed by atoms with van der Waals surface area (Å²) in [4.78, 5) is 1.47. The number of rotatable bonds is 4. The molecule has 84 valence electrons. The van der Waals surface area contributed by atoms with Crippen molar-refractivity contribution in [2.75, 3.05) is 7.05 Å². The molecule has 1 N–H and O–H groups in total. The van der Waals surface area contributed by atoms with Gasteiger partial charge >= 0.3 is 0 Å². The second-order valence-electron chi connectivity index (χ2n) is 4.37. The number of hydrogen-bond acceptors (Lipinski definition) is 2. The zero-order valence-corrected chi connectivity index (χ0v) is 11.5. The summed E-state index contributed by atoms with van der Waals surface area (Å²) >= 11 is 5.39. The monoisotopic (exact) mass is 287 g/mol. The van der Waals surface area contributed by atoms with Crippen molar-refractivity contribution < 1.29 is 0 Å². The standard InChI is InChI=1S/C12H18BrNS/c1-14-10(8-9-4-2-3-5-9)11-6-7-12(13)15-11/h6-7,9-10,14H,2-5,8H2,1H3. The van der Waals surface area contributed by atoms with Crippen LogP contribution in [-0.4, -0.2) is 7.05 Å². The predicted molar refractivity (Wildman–Crippen MR) is 70.4 cm³/mol. The molecule has 3 heteroatoms. The van der Waals surface area contributed by atoms with Crippen LogP contribution in [0, 0.1) is 5.92 Å². The zero-order chi connectivity index (χ0) is 10.7. The molecule has 0 aliphatic heterocycles. The van der Waals surface area contributed by atoms with Gasteiger partial charge in [-0.2, -0.15) is 0 Å². The molecule has 1 unspecified atom stereocenters. The van der Waals surface area contributed by atoms with E-state index in [0.29, 0.717) is 6.04 Å². The lowest BCUT2D eigenvalue weighted by molar-refractivity contribution is 0.417. The minimum Gasteiger partial charge on any atom is -0.312 e. The molecule has 1 fully saturated rings. The average Bonchev–Trinajstić information content (AvgIpc) is 2.85. The van der Waals surface area contributed by atoms with Crippen molar-refractivity contribution in [3.8, 4) is 0 Å². The molecule has 0 aromatic carbocycles. The van der Waals surface area contributed by atoms with Gasteiger partial charge in [-0.15, -0.1) is 11.3 Å². The molecule has 1 nitrogen and oxygen atoms in total. The summed E-state index contributed by atoms with van der Waals surface area (Å²) in [5.41, 5.74) is 0. The molecule has 2 rings (SSSR count). The SMILES string of the molecule is CNC(CC1CCCC1)c1ccc(Br)s1. The van der Waals surface area contributed by atoms with E-state index in [4.69, 9.17) is 0 Å². The van der Waals surface area contributed by atoms with Crippen molar-refractivity contribution in [2.24, 2.45) is 5.92 Å². The smallest absolute Gasteiger partial charge is 0.0701 e. The summed E-state index contributed by atoms with van der Waals surface area (Å²) < 4.78 is 1.24. The Labute approximate surface area is 104 Å². The Hall–Kier alpha value is 0.140. The number of halogens is 1. The Morgan fingerprint density at radius 1 is 1.47 bits per heavy atom. The maximum Gasteiger partial charge on any atom is 0.0701 e. The summed E-state index contributed by atoms with van der Waals surface area (Å²) in [6.07, 6.45) is 7.06. The van der Waals surface area contributed by atoms with E-state index in [2.05, 4.69) is 40.4 Å². The predicted octanol–water partition coefficient (Wildman–Crippen LogP) is 4.35. The number of hydrogen-bond donors (Lipinski definition) is 1. The Bertz CT molecular complexity index is 304. The maximum absolute atomic E-state index is 3.53. The van der Waals surface area contributed by atoms with E-state index in [0.717, 1.165) is 5.92 Å². The lowest BCUT2D eigenvalue weighted by atomic mass is 9.97. The maximum atomic E-state index is 3.53. The largest absolute Gasteiger partial charge is 0.312 e. The highest BCUT2D eigenvalue weighted by Gasteiger charge is 2.21. The molecule has 1 atom stereocenters. The summed E-state index contributed by atoms with van der Waals surface area (Å²) in [7, 11) is 2.08. The Morgan fingerprint density at radius 2 is 2.20 bits per heavy atom. The van der Waals surface area contributed by atoms with Gasteiger partial charge in [0.15, 0.2) is 0 Å². The Morgan fingerprint density at radius 3 is 2.73 bits per heavy atom. The summed E-state index contributed by atoms with van der Waals surface area (Å²) in [5, 5.41) is 3.45. The van der Waals surface area contributed by atoms with Crippen LogP contribution in [-0.2, 0) is 0 Å². The molecule has 0 radical (unpaired) electrons. The molecule has 1 heterocycles. The fourth-order valence-corrected chi connectivity index (χ4v) is 4.02. The number of nitrogens with one attached hydrogen (secondary N) is 1. The number of thiophene rings is 1. The van der Waals surface area contributed by atoms with Crippen LogP contribution < -0.4 is 5.32 Å². The molecule has 0 bridgehead atoms. The first kappa shape index (κ1) is 11.6. The van der Waals surface area contributed by atoms with Gasteiger partial charge in [0.1, 0.15) is 0 Å². The average molecular weight is 288 g/mol. The van der Waals surface area contributed by atoms with Gasteiger partial charge < -0.3 is 5.32 Å². The molecule has 1 saturated carbocycles. The van der Waals surface area contributed by atoms with Gasteiger partial charge in [0, 0.05) is 10.9 Å². The molecule has 0 amide bonds. The third-order valence-electron chi connectivity index (χ3n) is 3.33. The second kappa shape index (κ2) is 5.46. The lowest BCUT2D eigenvalue weighted by Crippen LogP contribution is -2.17. The van der Waals surface area contributed by atoms with Crippen molar-refractivity contribution >= 4 is 27.3 Å². The molecule has 1 aromatic rings. The summed E-state index contributed by atoms with van der Waals surface area (Å²) in [5.74, 6) is 0.948. The first-order valence-corrected chi connectivity index (χ1v) is 7.33. The van der Waals surface area contributed by atoms with E-state index in [1.807, 2.05) is 11.3 Å². The third-order valence-corrected chi connectivity index (χ3v) is 5.07. The van der Waals surface area contributed by atoms with Gasteiger partial charge in [-0.25, -0.2) is 0 Å². The zero-order valence-electron chi connectivity index (χ0n) is 9.13. The van der Waals surface area contributed by atoms with Crippen molar-refractivity contribution in [2.45, 2.75) is 38.1 Å². The van der Waals surface area contributed by atoms with Crippen LogP contribution in [0.25, 0.3) is 0 Å². The topological polar surface area (TPSA) is 12.0 Å². The molecular weight excluding hydrogens is 270 g/mol. The molecule has 1 aromatic heterocycles. The molecule has 1 aliphatic carbocycles. The van der Waals surface area contributed by atoms with Crippen LogP contribution in [0.3, 0.4) is 0 Å². The van der Waals surface area contributed by atoms with Crippen molar-refractivity contribution in [3.05, 3.63) is 20.8 Å². The minimum atomic E-state index is 0.560. The van der Waals surface area contributed by atoms with E-state index >= 15 is 0 Å². The van der Waals surface area contributed by atoms with Crippen LogP contribution in [0.5, 0.6) is 0 Å². The van der Waals surface area contributed by atoms with Gasteiger partial charge in [0.2, 0.25) is 0 Å². The highest BCUT2D eigenvalue weighted by Crippen LogP contribution is 2.35. The quantitative estimate of drug-likeness (QED) is 0.868. The van der Waals surface area contributed by atoms with Gasteiger partial charge in [0.25, 0.3) is 0 Å². The van der Waals surface area contributed by atoms with Gasteiger partial charge in [-0.05, 0) is 47.4 Å². The van der Waals surface area contributed by atoms with Crippen LogP contribution in [0.2, 0.25) is 0 Å². The highest BCUT2D eigenvalue weighted by atomic mass is 79.9. The van der Waals surface area contributed by atoms with E-state index in [1.54, 1.807) is 0 Å².